The highest BCUT2D eigenvalue weighted by Crippen LogP contribution is 2.43. The van der Waals surface area contributed by atoms with Crippen LogP contribution in [0.15, 0.2) is 212 Å². The van der Waals surface area contributed by atoms with Gasteiger partial charge >= 0.3 is 0 Å². The quantitative estimate of drug-likeness (QED) is 0.148. The van der Waals surface area contributed by atoms with E-state index in [9.17, 15) is 0 Å². The monoisotopic (exact) mass is 742 g/mol. The van der Waals surface area contributed by atoms with Crippen molar-refractivity contribution in [1.82, 2.24) is 4.57 Å². The highest BCUT2D eigenvalue weighted by Gasteiger charge is 2.20. The lowest BCUT2D eigenvalue weighted by Crippen LogP contribution is -2.11. The van der Waals surface area contributed by atoms with Gasteiger partial charge in [0, 0.05) is 39.4 Å². The van der Waals surface area contributed by atoms with Crippen molar-refractivity contribution in [3.63, 3.8) is 0 Å². The highest BCUT2D eigenvalue weighted by molar-refractivity contribution is 6.16. The Morgan fingerprint density at radius 1 is 0.483 bits per heavy atom. The van der Waals surface area contributed by atoms with Gasteiger partial charge in [0.15, 0.2) is 0 Å². The maximum absolute atomic E-state index is 2.48. The summed E-state index contributed by atoms with van der Waals surface area (Å²) in [5, 5.41) is 7.69. The molecule has 9 aromatic rings. The van der Waals surface area contributed by atoms with Crippen LogP contribution in [0.3, 0.4) is 0 Å². The average molecular weight is 743 g/mol. The molecule has 2 heteroatoms. The maximum atomic E-state index is 2.48. The van der Waals surface area contributed by atoms with Crippen LogP contribution in [-0.2, 0) is 0 Å². The van der Waals surface area contributed by atoms with Gasteiger partial charge in [-0.05, 0) is 129 Å². The standard InChI is InChI=1S/C56H42N2/c1-3-14-39(15-4-1)42-17-11-21-48(37-42)57(47-33-30-40(31-34-47)43-32-35-51-45(36-43)29-28-41-16-7-8-23-50(41)51)49-22-12-18-44(38-49)52-25-13-27-55-56(52)53-24-9-10-26-54(53)58(55)46-19-5-2-6-20-46/h1-5,7-14,16-19,21-39H,6,15,20H2. The molecule has 0 spiro atoms. The number of benzene rings is 8. The first-order chi connectivity index (χ1) is 28.8. The molecule has 0 aliphatic heterocycles. The topological polar surface area (TPSA) is 8.17 Å². The van der Waals surface area contributed by atoms with Gasteiger partial charge in [0.1, 0.15) is 0 Å². The number of rotatable bonds is 7. The number of hydrogen-bond acceptors (Lipinski definition) is 1. The molecule has 1 heterocycles. The molecule has 2 aliphatic rings. The molecule has 0 N–H and O–H groups in total. The second-order valence-electron chi connectivity index (χ2n) is 15.6. The summed E-state index contributed by atoms with van der Waals surface area (Å²) in [4.78, 5) is 2.42. The second kappa shape index (κ2) is 14.4. The summed E-state index contributed by atoms with van der Waals surface area (Å²) in [6.07, 6.45) is 18.8. The van der Waals surface area contributed by atoms with E-state index in [0.717, 1.165) is 36.3 Å². The zero-order chi connectivity index (χ0) is 38.4. The van der Waals surface area contributed by atoms with E-state index in [-0.39, 0.29) is 0 Å². The van der Waals surface area contributed by atoms with E-state index in [2.05, 4.69) is 222 Å². The van der Waals surface area contributed by atoms with Crippen LogP contribution in [0.4, 0.5) is 17.1 Å². The molecular formula is C56H42N2. The second-order valence-corrected chi connectivity index (χ2v) is 15.6. The van der Waals surface area contributed by atoms with Gasteiger partial charge in [-0.3, -0.25) is 0 Å². The Bertz CT molecular complexity index is 3150. The van der Waals surface area contributed by atoms with Gasteiger partial charge in [-0.15, -0.1) is 0 Å². The van der Waals surface area contributed by atoms with Crippen molar-refractivity contribution >= 4 is 66.1 Å². The molecule has 1 aromatic heterocycles. The molecule has 2 aliphatic carbocycles. The van der Waals surface area contributed by atoms with Gasteiger partial charge in [-0.2, -0.15) is 0 Å². The predicted octanol–water partition coefficient (Wildman–Crippen LogP) is 15.7. The van der Waals surface area contributed by atoms with Gasteiger partial charge < -0.3 is 9.47 Å². The minimum absolute atomic E-state index is 0.357. The van der Waals surface area contributed by atoms with Crippen molar-refractivity contribution in [2.45, 2.75) is 25.2 Å². The first kappa shape index (κ1) is 34.1. The van der Waals surface area contributed by atoms with Crippen LogP contribution in [0.5, 0.6) is 0 Å². The lowest BCUT2D eigenvalue weighted by Gasteiger charge is -2.27. The molecular weight excluding hydrogens is 701 g/mol. The summed E-state index contributed by atoms with van der Waals surface area (Å²) in [5.41, 5.74) is 13.4. The van der Waals surface area contributed by atoms with E-state index in [1.165, 1.54) is 76.9 Å². The molecule has 2 nitrogen and oxygen atoms in total. The number of allylic oxidation sites excluding steroid dienone is 8. The number of para-hydroxylation sites is 1. The first-order valence-corrected chi connectivity index (χ1v) is 20.5. The van der Waals surface area contributed by atoms with Crippen molar-refractivity contribution in [1.29, 1.82) is 0 Å². The Morgan fingerprint density at radius 3 is 2.10 bits per heavy atom. The molecule has 0 radical (unpaired) electrons. The Hall–Kier alpha value is -7.16. The molecule has 0 bridgehead atoms. The van der Waals surface area contributed by atoms with Gasteiger partial charge in [0.2, 0.25) is 0 Å². The van der Waals surface area contributed by atoms with Crippen LogP contribution in [0.25, 0.3) is 71.3 Å². The summed E-state index contributed by atoms with van der Waals surface area (Å²) in [5.74, 6) is 0.357. The molecule has 0 amide bonds. The molecule has 11 rings (SSSR count). The molecule has 276 valence electrons. The van der Waals surface area contributed by atoms with E-state index < -0.39 is 0 Å². The number of nitrogens with zero attached hydrogens (tertiary/aromatic N) is 2. The number of anilines is 3. The fourth-order valence-electron chi connectivity index (χ4n) is 9.32. The number of hydrogen-bond donors (Lipinski definition) is 0. The smallest absolute Gasteiger partial charge is 0.0544 e. The van der Waals surface area contributed by atoms with Crippen molar-refractivity contribution < 1.29 is 0 Å². The summed E-state index contributed by atoms with van der Waals surface area (Å²) < 4.78 is 2.48. The van der Waals surface area contributed by atoms with Gasteiger partial charge in [-0.25, -0.2) is 0 Å². The zero-order valence-corrected chi connectivity index (χ0v) is 32.3. The van der Waals surface area contributed by atoms with E-state index in [4.69, 9.17) is 0 Å². The third kappa shape index (κ3) is 5.97. The van der Waals surface area contributed by atoms with Gasteiger partial charge in [0.25, 0.3) is 0 Å². The fourth-order valence-corrected chi connectivity index (χ4v) is 9.32. The maximum Gasteiger partial charge on any atom is 0.0544 e. The van der Waals surface area contributed by atoms with Gasteiger partial charge in [0.05, 0.1) is 11.0 Å². The summed E-state index contributed by atoms with van der Waals surface area (Å²) >= 11 is 0. The van der Waals surface area contributed by atoms with Crippen molar-refractivity contribution in [3.8, 4) is 22.3 Å². The van der Waals surface area contributed by atoms with E-state index in [1.807, 2.05) is 0 Å². The van der Waals surface area contributed by atoms with Crippen molar-refractivity contribution in [2.75, 3.05) is 4.90 Å². The van der Waals surface area contributed by atoms with Crippen LogP contribution in [0, 0.1) is 0 Å². The van der Waals surface area contributed by atoms with Gasteiger partial charge in [-0.1, -0.05) is 152 Å². The molecule has 0 saturated carbocycles. The lowest BCUT2D eigenvalue weighted by molar-refractivity contribution is 0.853. The normalized spacial score (nSPS) is 15.1. The molecule has 1 atom stereocenters. The zero-order valence-electron chi connectivity index (χ0n) is 32.3. The lowest BCUT2D eigenvalue weighted by atomic mass is 9.92. The summed E-state index contributed by atoms with van der Waals surface area (Å²) in [6, 6.07) is 63.0. The Morgan fingerprint density at radius 2 is 1.24 bits per heavy atom. The Labute approximate surface area is 339 Å². The third-order valence-corrected chi connectivity index (χ3v) is 12.1. The SMILES string of the molecule is C1=CCCC(n2c3ccccc3c3c(-c4cccc(N(c5ccc(-c6ccc7c(ccc8ccccc87)c6)cc5)c5cccc(C6C=CC=CC6)c5)c4)cccc32)=C1. The largest absolute Gasteiger partial charge is 0.313 e. The highest BCUT2D eigenvalue weighted by atomic mass is 15.1. The minimum atomic E-state index is 0.357. The van der Waals surface area contributed by atoms with E-state index in [0.29, 0.717) is 5.92 Å². The minimum Gasteiger partial charge on any atom is -0.313 e. The van der Waals surface area contributed by atoms with E-state index >= 15 is 0 Å². The number of fused-ring (bicyclic) bond motifs is 6. The third-order valence-electron chi connectivity index (χ3n) is 12.1. The summed E-state index contributed by atoms with van der Waals surface area (Å²) in [7, 11) is 0. The molecule has 1 unspecified atom stereocenters. The first-order valence-electron chi connectivity index (χ1n) is 20.5. The molecule has 58 heavy (non-hydrogen) atoms. The van der Waals surface area contributed by atoms with Crippen LogP contribution < -0.4 is 4.90 Å². The molecule has 0 fully saturated rings. The average Bonchev–Trinajstić information content (AvgIpc) is 3.65. The molecule has 0 saturated heterocycles. The fraction of sp³-hybridized carbons (Fsp3) is 0.0714. The van der Waals surface area contributed by atoms with Crippen LogP contribution >= 0.6 is 0 Å². The van der Waals surface area contributed by atoms with Crippen LogP contribution in [-0.4, -0.2) is 4.57 Å². The van der Waals surface area contributed by atoms with Crippen LogP contribution in [0.2, 0.25) is 0 Å². The Balaban J connectivity index is 1.03. The summed E-state index contributed by atoms with van der Waals surface area (Å²) in [6.45, 7) is 0. The van der Waals surface area contributed by atoms with E-state index in [1.54, 1.807) is 0 Å². The number of aromatic nitrogens is 1. The van der Waals surface area contributed by atoms with Crippen LogP contribution in [0.1, 0.15) is 30.7 Å². The molecule has 8 aromatic carbocycles. The van der Waals surface area contributed by atoms with Crippen molar-refractivity contribution in [2.24, 2.45) is 0 Å². The van der Waals surface area contributed by atoms with Crippen molar-refractivity contribution in [3.05, 3.63) is 218 Å². The Kier molecular flexibility index (Phi) is 8.47. The predicted molar refractivity (Wildman–Crippen MR) is 248 cm³/mol.